The molecule has 1 fully saturated rings. The summed E-state index contributed by atoms with van der Waals surface area (Å²) in [7, 11) is 1.75. The van der Waals surface area contributed by atoms with E-state index in [4.69, 9.17) is 4.74 Å². The fraction of sp³-hybridized carbons (Fsp3) is 0.500. The Morgan fingerprint density at radius 1 is 1.03 bits per heavy atom. The highest BCUT2D eigenvalue weighted by Gasteiger charge is 2.30. The highest BCUT2D eigenvalue weighted by atomic mass is 32.1. The largest absolute Gasteiger partial charge is 0.495 e. The number of nitrogens with zero attached hydrogens (tertiary/aromatic N) is 2. The van der Waals surface area contributed by atoms with Crippen LogP contribution in [-0.4, -0.2) is 55.5 Å². The molecule has 2 aliphatic rings. The summed E-state index contributed by atoms with van der Waals surface area (Å²) in [5.74, 6) is 0.927. The predicted molar refractivity (Wildman–Crippen MR) is 129 cm³/mol. The zero-order valence-electron chi connectivity index (χ0n) is 18.5. The van der Waals surface area contributed by atoms with Crippen molar-refractivity contribution in [3.05, 3.63) is 58.3 Å². The second kappa shape index (κ2) is 11.1. The summed E-state index contributed by atoms with van der Waals surface area (Å²) >= 11 is 1.76. The molecule has 1 saturated heterocycles. The molecule has 4 nitrogen and oxygen atoms in total. The summed E-state index contributed by atoms with van der Waals surface area (Å²) in [6.07, 6.45) is 10.9. The van der Waals surface area contributed by atoms with Crippen molar-refractivity contribution in [2.45, 2.75) is 50.6 Å². The van der Waals surface area contributed by atoms with Gasteiger partial charge in [-0.3, -0.25) is 9.80 Å². The second-order valence-electron chi connectivity index (χ2n) is 8.61. The predicted octanol–water partition coefficient (Wildman–Crippen LogP) is 5.42. The van der Waals surface area contributed by atoms with Crippen molar-refractivity contribution in [3.8, 4) is 5.75 Å². The molecule has 2 aromatic rings. The van der Waals surface area contributed by atoms with E-state index in [2.05, 4.69) is 39.5 Å². The third-order valence-corrected chi connectivity index (χ3v) is 7.69. The van der Waals surface area contributed by atoms with Crippen LogP contribution < -0.4 is 4.74 Å². The van der Waals surface area contributed by atoms with Crippen LogP contribution >= 0.6 is 11.3 Å². The quantitative estimate of drug-likeness (QED) is 0.515. The number of methoxy groups -OCH3 is 1. The lowest BCUT2D eigenvalue weighted by molar-refractivity contribution is -0.110. The van der Waals surface area contributed by atoms with Crippen LogP contribution in [0.1, 0.15) is 54.9 Å². The van der Waals surface area contributed by atoms with Gasteiger partial charge in [0.1, 0.15) is 12.0 Å². The number of hydrogen-bond donors (Lipinski definition) is 0. The number of hydrogen-bond acceptors (Lipinski definition) is 5. The third-order valence-electron chi connectivity index (χ3n) is 6.72. The van der Waals surface area contributed by atoms with E-state index in [1.165, 1.54) is 36.1 Å². The first-order valence-electron chi connectivity index (χ1n) is 11.6. The van der Waals surface area contributed by atoms with E-state index >= 15 is 0 Å². The first-order chi connectivity index (χ1) is 15.3. The summed E-state index contributed by atoms with van der Waals surface area (Å²) < 4.78 is 5.55. The standard InChI is InChI=1S/C26H34N2O2S/c1-30-24-13-18-31-26(24)22-11-16-28(17-12-22)25(27-14-7-2-3-8-15-27)19-23(20-29)21-9-5-4-6-10-21/h4-6,9-11,13,18,20,23,25H,2-3,7-8,12,14-17,19H2,1H3. The highest BCUT2D eigenvalue weighted by Crippen LogP contribution is 2.36. The lowest BCUT2D eigenvalue weighted by Gasteiger charge is -2.42. The molecule has 0 amide bonds. The maximum Gasteiger partial charge on any atom is 0.137 e. The molecular formula is C26H34N2O2S. The molecular weight excluding hydrogens is 404 g/mol. The topological polar surface area (TPSA) is 32.8 Å². The van der Waals surface area contributed by atoms with Gasteiger partial charge in [-0.25, -0.2) is 0 Å². The van der Waals surface area contributed by atoms with Crippen molar-refractivity contribution in [2.24, 2.45) is 0 Å². The zero-order valence-corrected chi connectivity index (χ0v) is 19.4. The van der Waals surface area contributed by atoms with E-state index in [-0.39, 0.29) is 5.92 Å². The van der Waals surface area contributed by atoms with E-state index in [0.717, 1.165) is 56.6 Å². The number of thiophene rings is 1. The summed E-state index contributed by atoms with van der Waals surface area (Å²) in [6.45, 7) is 4.22. The van der Waals surface area contributed by atoms with Crippen molar-refractivity contribution in [1.29, 1.82) is 0 Å². The van der Waals surface area contributed by atoms with Crippen molar-refractivity contribution in [2.75, 3.05) is 33.3 Å². The molecule has 0 saturated carbocycles. The van der Waals surface area contributed by atoms with Crippen molar-refractivity contribution >= 4 is 23.2 Å². The Morgan fingerprint density at radius 2 is 1.81 bits per heavy atom. The van der Waals surface area contributed by atoms with Gasteiger partial charge in [-0.1, -0.05) is 49.2 Å². The van der Waals surface area contributed by atoms with E-state index in [1.54, 1.807) is 18.4 Å². The smallest absolute Gasteiger partial charge is 0.137 e. The lowest BCUT2D eigenvalue weighted by atomic mass is 9.94. The van der Waals surface area contributed by atoms with Crippen molar-refractivity contribution in [3.63, 3.8) is 0 Å². The molecule has 0 N–H and O–H groups in total. The molecule has 2 unspecified atom stereocenters. The Labute approximate surface area is 190 Å². The average molecular weight is 439 g/mol. The molecule has 4 rings (SSSR count). The van der Waals surface area contributed by atoms with Crippen LogP contribution in [-0.2, 0) is 4.79 Å². The van der Waals surface area contributed by atoms with Gasteiger partial charge in [0.2, 0.25) is 0 Å². The van der Waals surface area contributed by atoms with Gasteiger partial charge in [-0.05, 0) is 61.4 Å². The number of rotatable bonds is 8. The van der Waals surface area contributed by atoms with Gasteiger partial charge in [0.15, 0.2) is 0 Å². The molecule has 31 heavy (non-hydrogen) atoms. The number of aldehydes is 1. The number of benzene rings is 1. The summed E-state index contributed by atoms with van der Waals surface area (Å²) in [5, 5.41) is 2.11. The van der Waals surface area contributed by atoms with Gasteiger partial charge in [0.05, 0.1) is 18.2 Å². The maximum atomic E-state index is 12.1. The van der Waals surface area contributed by atoms with Crippen LogP contribution in [0, 0.1) is 0 Å². The molecule has 5 heteroatoms. The molecule has 2 atom stereocenters. The maximum absolute atomic E-state index is 12.1. The first kappa shape index (κ1) is 22.3. The van der Waals surface area contributed by atoms with Gasteiger partial charge in [-0.2, -0.15) is 0 Å². The minimum absolute atomic E-state index is 0.0581. The van der Waals surface area contributed by atoms with E-state index in [9.17, 15) is 4.79 Å². The van der Waals surface area contributed by atoms with Crippen LogP contribution in [0.2, 0.25) is 0 Å². The number of carbonyl (C=O) groups excluding carboxylic acids is 1. The highest BCUT2D eigenvalue weighted by molar-refractivity contribution is 7.11. The monoisotopic (exact) mass is 438 g/mol. The molecule has 0 radical (unpaired) electrons. The van der Waals surface area contributed by atoms with Gasteiger partial charge in [0, 0.05) is 19.0 Å². The van der Waals surface area contributed by atoms with E-state index in [1.807, 2.05) is 18.2 Å². The summed E-state index contributed by atoms with van der Waals surface area (Å²) in [5.41, 5.74) is 2.53. The molecule has 1 aromatic carbocycles. The Hall–Kier alpha value is -1.95. The van der Waals surface area contributed by atoms with Crippen molar-refractivity contribution < 1.29 is 9.53 Å². The van der Waals surface area contributed by atoms with Gasteiger partial charge in [-0.15, -0.1) is 11.3 Å². The van der Waals surface area contributed by atoms with Crippen molar-refractivity contribution in [1.82, 2.24) is 9.80 Å². The minimum Gasteiger partial charge on any atom is -0.495 e. The normalized spacial score (nSPS) is 20.5. The van der Waals surface area contributed by atoms with Crippen LogP contribution in [0.3, 0.4) is 0 Å². The second-order valence-corrected chi connectivity index (χ2v) is 9.53. The Bertz CT molecular complexity index is 855. The van der Waals surface area contributed by atoms with E-state index in [0.29, 0.717) is 6.17 Å². The molecule has 0 spiro atoms. The lowest BCUT2D eigenvalue weighted by Crippen LogP contribution is -2.51. The summed E-state index contributed by atoms with van der Waals surface area (Å²) in [4.78, 5) is 18.6. The van der Waals surface area contributed by atoms with Gasteiger partial charge in [0.25, 0.3) is 0 Å². The van der Waals surface area contributed by atoms with Crippen LogP contribution in [0.4, 0.5) is 0 Å². The summed E-state index contributed by atoms with van der Waals surface area (Å²) in [6, 6.07) is 12.3. The van der Waals surface area contributed by atoms with E-state index < -0.39 is 0 Å². The molecule has 166 valence electrons. The number of likely N-dealkylation sites (tertiary alicyclic amines) is 1. The number of carbonyl (C=O) groups is 1. The van der Waals surface area contributed by atoms with Crippen LogP contribution in [0.25, 0.3) is 5.57 Å². The minimum atomic E-state index is -0.0581. The fourth-order valence-corrected chi connectivity index (χ4v) is 5.91. The van der Waals surface area contributed by atoms with Gasteiger partial charge < -0.3 is 9.53 Å². The molecule has 1 aromatic heterocycles. The van der Waals surface area contributed by atoms with Gasteiger partial charge >= 0.3 is 0 Å². The molecule has 3 heterocycles. The third kappa shape index (κ3) is 5.46. The first-order valence-corrected chi connectivity index (χ1v) is 12.5. The Morgan fingerprint density at radius 3 is 2.45 bits per heavy atom. The van der Waals surface area contributed by atoms with Crippen LogP contribution in [0.15, 0.2) is 47.9 Å². The molecule has 2 aliphatic heterocycles. The SMILES string of the molecule is COc1ccsc1C1=CCN(C(CC(C=O)c2ccccc2)N2CCCCCC2)CC1. The zero-order chi connectivity index (χ0) is 21.5. The average Bonchev–Trinajstić information content (AvgIpc) is 3.15. The Kier molecular flexibility index (Phi) is 7.95. The van der Waals surface area contributed by atoms with Crippen LogP contribution in [0.5, 0.6) is 5.75 Å². The Balaban J connectivity index is 1.53. The fourth-order valence-electron chi connectivity index (χ4n) is 4.97. The molecule has 0 aliphatic carbocycles. The molecule has 0 bridgehead atoms. The number of ether oxygens (including phenoxy) is 1.